The van der Waals surface area contributed by atoms with Crippen LogP contribution in [-0.2, 0) is 6.54 Å². The zero-order valence-electron chi connectivity index (χ0n) is 15.2. The molecule has 6 heteroatoms. The van der Waals surface area contributed by atoms with Crippen LogP contribution in [0.4, 0.5) is 0 Å². The Morgan fingerprint density at radius 3 is 2.52 bits per heavy atom. The lowest BCUT2D eigenvalue weighted by atomic mass is 9.92. The fourth-order valence-electron chi connectivity index (χ4n) is 3.52. The first-order valence-corrected chi connectivity index (χ1v) is 8.70. The van der Waals surface area contributed by atoms with Gasteiger partial charge in [-0.2, -0.15) is 5.10 Å². The lowest BCUT2D eigenvalue weighted by molar-refractivity contribution is 0.208. The summed E-state index contributed by atoms with van der Waals surface area (Å²) < 4.78 is 1.91. The van der Waals surface area contributed by atoms with Gasteiger partial charge in [0.15, 0.2) is 5.96 Å². The van der Waals surface area contributed by atoms with Gasteiger partial charge in [-0.25, -0.2) is 4.68 Å². The Hall–Kier alpha value is -1.57. The van der Waals surface area contributed by atoms with Crippen molar-refractivity contribution >= 4 is 29.9 Å². The van der Waals surface area contributed by atoms with Crippen LogP contribution in [-0.4, -0.2) is 40.8 Å². The van der Waals surface area contributed by atoms with Gasteiger partial charge in [-0.05, 0) is 30.4 Å². The molecule has 0 bridgehead atoms. The van der Waals surface area contributed by atoms with Crippen molar-refractivity contribution in [1.29, 1.82) is 0 Å². The predicted octanol–water partition coefficient (Wildman–Crippen LogP) is 3.54. The molecule has 136 valence electrons. The normalized spacial score (nSPS) is 20.9. The van der Waals surface area contributed by atoms with E-state index in [4.69, 9.17) is 0 Å². The van der Waals surface area contributed by atoms with E-state index >= 15 is 0 Å². The Kier molecular flexibility index (Phi) is 7.28. The van der Waals surface area contributed by atoms with E-state index in [0.29, 0.717) is 11.8 Å². The number of aliphatic imine (C=N–C) groups is 1. The van der Waals surface area contributed by atoms with Gasteiger partial charge >= 0.3 is 0 Å². The molecule has 25 heavy (non-hydrogen) atoms. The fraction of sp³-hybridized carbons (Fsp3) is 0.474. The van der Waals surface area contributed by atoms with E-state index in [1.165, 1.54) is 6.42 Å². The number of likely N-dealkylation sites (tertiary alicyclic amines) is 1. The highest BCUT2D eigenvalue weighted by Gasteiger charge is 2.23. The molecule has 1 fully saturated rings. The molecule has 1 aromatic carbocycles. The van der Waals surface area contributed by atoms with Crippen LogP contribution in [0.2, 0.25) is 0 Å². The maximum absolute atomic E-state index is 4.46. The monoisotopic (exact) mass is 453 g/mol. The summed E-state index contributed by atoms with van der Waals surface area (Å²) in [6.45, 7) is 7.53. The third-order valence-electron chi connectivity index (χ3n) is 4.49. The molecular formula is C19H28IN5. The molecule has 0 amide bonds. The molecule has 2 atom stereocenters. The van der Waals surface area contributed by atoms with Crippen molar-refractivity contribution in [3.63, 3.8) is 0 Å². The van der Waals surface area contributed by atoms with Crippen molar-refractivity contribution in [2.75, 3.05) is 20.1 Å². The highest BCUT2D eigenvalue weighted by Crippen LogP contribution is 2.20. The summed E-state index contributed by atoms with van der Waals surface area (Å²) in [4.78, 5) is 6.84. The zero-order chi connectivity index (χ0) is 16.9. The third kappa shape index (κ3) is 5.20. The van der Waals surface area contributed by atoms with E-state index < -0.39 is 0 Å². The number of nitrogens with one attached hydrogen (secondary N) is 1. The number of guanidine groups is 1. The molecule has 1 aliphatic rings. The van der Waals surface area contributed by atoms with E-state index in [2.05, 4.69) is 52.5 Å². The Labute approximate surface area is 167 Å². The Morgan fingerprint density at radius 1 is 1.20 bits per heavy atom. The van der Waals surface area contributed by atoms with Crippen molar-refractivity contribution in [2.45, 2.75) is 26.8 Å². The van der Waals surface area contributed by atoms with Crippen LogP contribution in [0.5, 0.6) is 0 Å². The second-order valence-electron chi connectivity index (χ2n) is 6.88. The molecule has 0 saturated carbocycles. The predicted molar refractivity (Wildman–Crippen MR) is 114 cm³/mol. The van der Waals surface area contributed by atoms with Crippen LogP contribution in [0.15, 0.2) is 47.7 Å². The average Bonchev–Trinajstić information content (AvgIpc) is 3.04. The summed E-state index contributed by atoms with van der Waals surface area (Å²) in [6, 6.07) is 10.2. The van der Waals surface area contributed by atoms with Crippen LogP contribution in [0.25, 0.3) is 5.69 Å². The summed E-state index contributed by atoms with van der Waals surface area (Å²) >= 11 is 0. The van der Waals surface area contributed by atoms with Gasteiger partial charge in [-0.1, -0.05) is 32.0 Å². The van der Waals surface area contributed by atoms with Gasteiger partial charge in [-0.3, -0.25) is 4.99 Å². The van der Waals surface area contributed by atoms with E-state index in [1.54, 1.807) is 0 Å². The average molecular weight is 453 g/mol. The summed E-state index contributed by atoms with van der Waals surface area (Å²) in [5, 5.41) is 7.93. The smallest absolute Gasteiger partial charge is 0.193 e. The van der Waals surface area contributed by atoms with Gasteiger partial charge < -0.3 is 10.2 Å². The van der Waals surface area contributed by atoms with Crippen molar-refractivity contribution in [1.82, 2.24) is 20.0 Å². The first-order valence-electron chi connectivity index (χ1n) is 8.70. The molecule has 5 nitrogen and oxygen atoms in total. The minimum absolute atomic E-state index is 0. The van der Waals surface area contributed by atoms with Crippen LogP contribution in [0, 0.1) is 11.8 Å². The largest absolute Gasteiger partial charge is 0.352 e. The SMILES string of the molecule is CN=C(NCc1cnn(-c2ccccc2)c1)N1CC(C)CC(C)C1.I. The minimum Gasteiger partial charge on any atom is -0.352 e. The van der Waals surface area contributed by atoms with Crippen LogP contribution < -0.4 is 5.32 Å². The molecule has 1 saturated heterocycles. The van der Waals surface area contributed by atoms with Crippen molar-refractivity contribution in [3.05, 3.63) is 48.3 Å². The Bertz CT molecular complexity index is 672. The lowest BCUT2D eigenvalue weighted by Gasteiger charge is -2.37. The molecule has 0 aliphatic carbocycles. The van der Waals surface area contributed by atoms with E-state index in [0.717, 1.165) is 36.8 Å². The zero-order valence-corrected chi connectivity index (χ0v) is 17.6. The number of aromatic nitrogens is 2. The van der Waals surface area contributed by atoms with Crippen molar-refractivity contribution < 1.29 is 0 Å². The molecule has 3 rings (SSSR count). The number of para-hydroxylation sites is 1. The summed E-state index contributed by atoms with van der Waals surface area (Å²) in [5.74, 6) is 2.42. The molecule has 2 heterocycles. The second-order valence-corrected chi connectivity index (χ2v) is 6.88. The van der Waals surface area contributed by atoms with Gasteiger partial charge in [0.1, 0.15) is 0 Å². The molecule has 1 N–H and O–H groups in total. The number of hydrogen-bond donors (Lipinski definition) is 1. The van der Waals surface area contributed by atoms with Gasteiger partial charge in [0, 0.05) is 38.4 Å². The highest BCUT2D eigenvalue weighted by atomic mass is 127. The molecule has 2 aromatic rings. The standard InChI is InChI=1S/C19H27N5.HI/c1-15-9-16(2)13-23(12-15)19(20-3)21-10-17-11-22-24(14-17)18-7-5-4-6-8-18;/h4-8,11,14-16H,9-10,12-13H2,1-3H3,(H,20,21);1H. The van der Waals surface area contributed by atoms with E-state index in [9.17, 15) is 0 Å². The third-order valence-corrected chi connectivity index (χ3v) is 4.49. The molecule has 2 unspecified atom stereocenters. The Morgan fingerprint density at radius 2 is 1.88 bits per heavy atom. The lowest BCUT2D eigenvalue weighted by Crippen LogP contribution is -2.48. The maximum Gasteiger partial charge on any atom is 0.193 e. The number of hydrogen-bond acceptors (Lipinski definition) is 2. The molecule has 1 aliphatic heterocycles. The molecular weight excluding hydrogens is 425 g/mol. The maximum atomic E-state index is 4.46. The first-order chi connectivity index (χ1) is 11.7. The number of halogens is 1. The quantitative estimate of drug-likeness (QED) is 0.440. The first kappa shape index (κ1) is 19.8. The molecule has 0 radical (unpaired) electrons. The number of piperidine rings is 1. The van der Waals surface area contributed by atoms with Crippen LogP contribution >= 0.6 is 24.0 Å². The summed E-state index contributed by atoms with van der Waals surface area (Å²) in [7, 11) is 1.86. The van der Waals surface area contributed by atoms with Gasteiger partial charge in [0.05, 0.1) is 11.9 Å². The summed E-state index contributed by atoms with van der Waals surface area (Å²) in [6.07, 6.45) is 5.28. The van der Waals surface area contributed by atoms with Gasteiger partial charge in [0.25, 0.3) is 0 Å². The van der Waals surface area contributed by atoms with E-state index in [1.807, 2.05) is 36.1 Å². The second kappa shape index (κ2) is 9.22. The van der Waals surface area contributed by atoms with E-state index in [-0.39, 0.29) is 24.0 Å². The highest BCUT2D eigenvalue weighted by molar-refractivity contribution is 14.0. The Balaban J connectivity index is 0.00000225. The summed E-state index contributed by atoms with van der Waals surface area (Å²) in [5.41, 5.74) is 2.23. The number of rotatable bonds is 3. The van der Waals surface area contributed by atoms with Gasteiger partial charge in [0.2, 0.25) is 0 Å². The van der Waals surface area contributed by atoms with Crippen molar-refractivity contribution in [3.8, 4) is 5.69 Å². The topological polar surface area (TPSA) is 45.5 Å². The number of nitrogens with zero attached hydrogens (tertiary/aromatic N) is 4. The van der Waals surface area contributed by atoms with Crippen molar-refractivity contribution in [2.24, 2.45) is 16.8 Å². The molecule has 1 aromatic heterocycles. The fourth-order valence-corrected chi connectivity index (χ4v) is 3.52. The number of benzene rings is 1. The molecule has 0 spiro atoms. The van der Waals surface area contributed by atoms with Crippen LogP contribution in [0.3, 0.4) is 0 Å². The van der Waals surface area contributed by atoms with Gasteiger partial charge in [-0.15, -0.1) is 24.0 Å². The van der Waals surface area contributed by atoms with Crippen LogP contribution in [0.1, 0.15) is 25.8 Å². The minimum atomic E-state index is 0.